The molecule has 0 aromatic carbocycles. The number of pyridine rings is 1. The van der Waals surface area contributed by atoms with E-state index in [1.807, 2.05) is 0 Å². The van der Waals surface area contributed by atoms with Gasteiger partial charge in [-0.3, -0.25) is 0 Å². The summed E-state index contributed by atoms with van der Waals surface area (Å²) in [5.74, 6) is 6.29. The summed E-state index contributed by atoms with van der Waals surface area (Å²) in [5.41, 5.74) is 2.37. The Morgan fingerprint density at radius 2 is 2.00 bits per heavy atom. The summed E-state index contributed by atoms with van der Waals surface area (Å²) >= 11 is 0. The first-order chi connectivity index (χ1) is 9.62. The van der Waals surface area contributed by atoms with Crippen LogP contribution in [0.25, 0.3) is 0 Å². The van der Waals surface area contributed by atoms with E-state index in [1.165, 1.54) is 50.4 Å². The third-order valence-electron chi connectivity index (χ3n) is 3.76. The number of rotatable bonds is 6. The number of aromatic nitrogens is 1. The highest BCUT2D eigenvalue weighted by atomic mass is 32.2. The molecule has 0 amide bonds. The fourth-order valence-corrected chi connectivity index (χ4v) is 3.57. The molecule has 1 aromatic rings. The normalized spacial score (nSPS) is 17.1. The molecule has 0 spiro atoms. The standard InChI is InChI=1S/C13H22N4O2S/c14-17-13-7-6-12(10-15-13)20(18,19)16-9-8-11-4-2-1-3-5-11/h6-7,10-11,16H,1-5,8-9,14H2,(H,15,17). The predicted octanol–water partition coefficient (Wildman–Crippen LogP) is 1.62. The molecule has 20 heavy (non-hydrogen) atoms. The summed E-state index contributed by atoms with van der Waals surface area (Å²) in [5, 5.41) is 0. The largest absolute Gasteiger partial charge is 0.308 e. The van der Waals surface area contributed by atoms with Gasteiger partial charge in [0, 0.05) is 12.7 Å². The Kier molecular flexibility index (Phi) is 5.33. The molecule has 0 radical (unpaired) electrons. The van der Waals surface area contributed by atoms with Crippen LogP contribution >= 0.6 is 0 Å². The van der Waals surface area contributed by atoms with Crippen LogP contribution in [-0.4, -0.2) is 19.9 Å². The summed E-state index contributed by atoms with van der Waals surface area (Å²) in [6.45, 7) is 0.490. The Hall–Kier alpha value is -1.18. The van der Waals surface area contributed by atoms with Gasteiger partial charge >= 0.3 is 0 Å². The highest BCUT2D eigenvalue weighted by Crippen LogP contribution is 2.25. The molecule has 112 valence electrons. The SMILES string of the molecule is NNc1ccc(S(=O)(=O)NCCC2CCCCC2)cn1. The molecule has 0 bridgehead atoms. The molecule has 1 heterocycles. The zero-order valence-electron chi connectivity index (χ0n) is 11.5. The van der Waals surface area contributed by atoms with Gasteiger partial charge in [0.15, 0.2) is 0 Å². The molecule has 0 saturated heterocycles. The van der Waals surface area contributed by atoms with E-state index in [9.17, 15) is 8.42 Å². The van der Waals surface area contributed by atoms with Crippen LogP contribution in [0.4, 0.5) is 5.82 Å². The fraction of sp³-hybridized carbons (Fsp3) is 0.615. The maximum atomic E-state index is 12.1. The van der Waals surface area contributed by atoms with E-state index in [2.05, 4.69) is 15.1 Å². The highest BCUT2D eigenvalue weighted by Gasteiger charge is 2.17. The van der Waals surface area contributed by atoms with Crippen molar-refractivity contribution in [2.45, 2.75) is 43.4 Å². The Morgan fingerprint density at radius 3 is 2.60 bits per heavy atom. The van der Waals surface area contributed by atoms with E-state index in [0.717, 1.165) is 6.42 Å². The third kappa shape index (κ3) is 4.16. The number of hydrazine groups is 1. The minimum atomic E-state index is -3.47. The van der Waals surface area contributed by atoms with Gasteiger partial charge in [-0.05, 0) is 24.5 Å². The molecular weight excluding hydrogens is 276 g/mol. The van der Waals surface area contributed by atoms with Crippen LogP contribution in [0.1, 0.15) is 38.5 Å². The minimum absolute atomic E-state index is 0.167. The Morgan fingerprint density at radius 1 is 1.25 bits per heavy atom. The average Bonchev–Trinajstić information content (AvgIpc) is 2.48. The lowest BCUT2D eigenvalue weighted by molar-refractivity contribution is 0.339. The first-order valence-corrected chi connectivity index (χ1v) is 8.52. The Labute approximate surface area is 120 Å². The number of hydrogen-bond donors (Lipinski definition) is 3. The number of sulfonamides is 1. The first-order valence-electron chi connectivity index (χ1n) is 7.04. The molecule has 1 aliphatic carbocycles. The lowest BCUT2D eigenvalue weighted by Crippen LogP contribution is -2.26. The molecule has 0 unspecified atom stereocenters. The van der Waals surface area contributed by atoms with Gasteiger partial charge in [-0.25, -0.2) is 24.0 Å². The van der Waals surface area contributed by atoms with Crippen molar-refractivity contribution in [3.63, 3.8) is 0 Å². The maximum absolute atomic E-state index is 12.1. The van der Waals surface area contributed by atoms with Crippen LogP contribution in [0.2, 0.25) is 0 Å². The number of nitrogen functional groups attached to an aromatic ring is 1. The summed E-state index contributed by atoms with van der Waals surface area (Å²) in [6.07, 6.45) is 8.52. The topological polar surface area (TPSA) is 97.1 Å². The average molecular weight is 298 g/mol. The van der Waals surface area contributed by atoms with Gasteiger partial charge in [0.25, 0.3) is 0 Å². The van der Waals surface area contributed by atoms with E-state index in [-0.39, 0.29) is 4.90 Å². The molecule has 0 aliphatic heterocycles. The number of nitrogens with zero attached hydrogens (tertiary/aromatic N) is 1. The molecule has 2 rings (SSSR count). The van der Waals surface area contributed by atoms with Crippen molar-refractivity contribution in [1.82, 2.24) is 9.71 Å². The molecule has 1 fully saturated rings. The van der Waals surface area contributed by atoms with Crippen LogP contribution in [0, 0.1) is 5.92 Å². The Balaban J connectivity index is 1.86. The van der Waals surface area contributed by atoms with Gasteiger partial charge in [0.05, 0.1) is 0 Å². The van der Waals surface area contributed by atoms with Crippen molar-refractivity contribution in [2.24, 2.45) is 11.8 Å². The monoisotopic (exact) mass is 298 g/mol. The molecular formula is C13H22N4O2S. The van der Waals surface area contributed by atoms with Crippen molar-refractivity contribution in [3.05, 3.63) is 18.3 Å². The van der Waals surface area contributed by atoms with Gasteiger partial charge in [-0.2, -0.15) is 0 Å². The molecule has 1 aliphatic rings. The predicted molar refractivity (Wildman–Crippen MR) is 78.4 cm³/mol. The van der Waals surface area contributed by atoms with Crippen molar-refractivity contribution in [1.29, 1.82) is 0 Å². The molecule has 7 heteroatoms. The van der Waals surface area contributed by atoms with Crippen LogP contribution in [0.15, 0.2) is 23.2 Å². The van der Waals surface area contributed by atoms with Crippen LogP contribution in [-0.2, 0) is 10.0 Å². The maximum Gasteiger partial charge on any atom is 0.242 e. The molecule has 1 saturated carbocycles. The van der Waals surface area contributed by atoms with Gasteiger partial charge < -0.3 is 5.43 Å². The summed E-state index contributed by atoms with van der Waals surface area (Å²) in [4.78, 5) is 4.07. The Bertz CT molecular complexity index is 510. The molecule has 4 N–H and O–H groups in total. The number of hydrogen-bond acceptors (Lipinski definition) is 5. The third-order valence-corrected chi connectivity index (χ3v) is 5.21. The molecule has 0 atom stereocenters. The summed E-state index contributed by atoms with van der Waals surface area (Å²) in [6, 6.07) is 3.03. The van der Waals surface area contributed by atoms with Crippen molar-refractivity contribution in [3.8, 4) is 0 Å². The van der Waals surface area contributed by atoms with Crippen LogP contribution in [0.5, 0.6) is 0 Å². The quantitative estimate of drug-likeness (QED) is 0.547. The van der Waals surface area contributed by atoms with Crippen molar-refractivity contribution >= 4 is 15.8 Å². The van der Waals surface area contributed by atoms with Crippen LogP contribution < -0.4 is 16.0 Å². The zero-order chi connectivity index (χ0) is 14.4. The fourth-order valence-electron chi connectivity index (χ4n) is 2.58. The first kappa shape index (κ1) is 15.2. The van der Waals surface area contributed by atoms with E-state index < -0.39 is 10.0 Å². The van der Waals surface area contributed by atoms with Gasteiger partial charge in [0.1, 0.15) is 10.7 Å². The van der Waals surface area contributed by atoms with Crippen LogP contribution in [0.3, 0.4) is 0 Å². The lowest BCUT2D eigenvalue weighted by atomic mass is 9.87. The number of nitrogens with two attached hydrogens (primary N) is 1. The van der Waals surface area contributed by atoms with Gasteiger partial charge in [0.2, 0.25) is 10.0 Å². The summed E-state index contributed by atoms with van der Waals surface area (Å²) in [7, 11) is -3.47. The van der Waals surface area contributed by atoms with Crippen molar-refractivity contribution in [2.75, 3.05) is 12.0 Å². The molecule has 6 nitrogen and oxygen atoms in total. The van der Waals surface area contributed by atoms with E-state index in [0.29, 0.717) is 18.3 Å². The van der Waals surface area contributed by atoms with E-state index in [1.54, 1.807) is 0 Å². The molecule has 1 aromatic heterocycles. The second kappa shape index (κ2) is 7.01. The lowest BCUT2D eigenvalue weighted by Gasteiger charge is -2.21. The number of nitrogens with one attached hydrogen (secondary N) is 2. The smallest absolute Gasteiger partial charge is 0.242 e. The van der Waals surface area contributed by atoms with E-state index in [4.69, 9.17) is 5.84 Å². The highest BCUT2D eigenvalue weighted by molar-refractivity contribution is 7.89. The van der Waals surface area contributed by atoms with Crippen molar-refractivity contribution < 1.29 is 8.42 Å². The summed E-state index contributed by atoms with van der Waals surface area (Å²) < 4.78 is 26.8. The van der Waals surface area contributed by atoms with Gasteiger partial charge in [-0.1, -0.05) is 32.1 Å². The van der Waals surface area contributed by atoms with Gasteiger partial charge in [-0.15, -0.1) is 0 Å². The minimum Gasteiger partial charge on any atom is -0.308 e. The van der Waals surface area contributed by atoms with E-state index >= 15 is 0 Å². The second-order valence-electron chi connectivity index (χ2n) is 5.21. The number of anilines is 1. The second-order valence-corrected chi connectivity index (χ2v) is 6.98. The zero-order valence-corrected chi connectivity index (χ0v) is 12.3.